The van der Waals surface area contributed by atoms with Gasteiger partial charge >= 0.3 is 0 Å². The lowest BCUT2D eigenvalue weighted by molar-refractivity contribution is 0.129. The van der Waals surface area contributed by atoms with Crippen molar-refractivity contribution in [1.82, 2.24) is 0 Å². The van der Waals surface area contributed by atoms with Crippen molar-refractivity contribution < 1.29 is 19.0 Å². The number of oxime groups is 1. The molecule has 0 fully saturated rings. The maximum Gasteiger partial charge on any atom is 0.125 e. The first-order valence-corrected chi connectivity index (χ1v) is 10.3. The van der Waals surface area contributed by atoms with Crippen LogP contribution in [-0.2, 0) is 4.84 Å². The lowest BCUT2D eigenvalue weighted by Crippen LogP contribution is -2.23. The SMILES string of the molecule is C/C=C/COc1cc(C)c(OC(C)CC(C)Oc2ccc(C=NOC)cc2)c(C)c1. The summed E-state index contributed by atoms with van der Waals surface area (Å²) in [5, 5.41) is 3.76. The Balaban J connectivity index is 1.91. The van der Waals surface area contributed by atoms with Crippen molar-refractivity contribution in [3.8, 4) is 17.2 Å². The predicted molar refractivity (Wildman–Crippen MR) is 122 cm³/mol. The smallest absolute Gasteiger partial charge is 0.125 e. The first-order chi connectivity index (χ1) is 14.4. The zero-order valence-corrected chi connectivity index (χ0v) is 18.8. The largest absolute Gasteiger partial charge is 0.491 e. The minimum atomic E-state index is 0.0142. The highest BCUT2D eigenvalue weighted by Gasteiger charge is 2.15. The highest BCUT2D eigenvalue weighted by Crippen LogP contribution is 2.30. The molecule has 5 nitrogen and oxygen atoms in total. The fourth-order valence-corrected chi connectivity index (χ4v) is 3.16. The highest BCUT2D eigenvalue weighted by atomic mass is 16.6. The van der Waals surface area contributed by atoms with E-state index in [1.54, 1.807) is 6.21 Å². The van der Waals surface area contributed by atoms with Gasteiger partial charge in [-0.2, -0.15) is 0 Å². The zero-order valence-electron chi connectivity index (χ0n) is 18.8. The molecule has 5 heteroatoms. The summed E-state index contributed by atoms with van der Waals surface area (Å²) in [5.74, 6) is 2.59. The van der Waals surface area contributed by atoms with Gasteiger partial charge in [0.2, 0.25) is 0 Å². The van der Waals surface area contributed by atoms with Crippen LogP contribution in [0, 0.1) is 13.8 Å². The van der Waals surface area contributed by atoms with Gasteiger partial charge in [0, 0.05) is 6.42 Å². The summed E-state index contributed by atoms with van der Waals surface area (Å²) >= 11 is 0. The molecule has 2 aromatic rings. The molecule has 0 heterocycles. The monoisotopic (exact) mass is 411 g/mol. The fourth-order valence-electron chi connectivity index (χ4n) is 3.16. The van der Waals surface area contributed by atoms with Gasteiger partial charge in [0.1, 0.15) is 31.0 Å². The molecule has 0 aromatic heterocycles. The van der Waals surface area contributed by atoms with Crippen LogP contribution in [0.1, 0.15) is 43.9 Å². The van der Waals surface area contributed by atoms with E-state index in [1.165, 1.54) is 7.11 Å². The van der Waals surface area contributed by atoms with Crippen LogP contribution in [0.2, 0.25) is 0 Å². The maximum absolute atomic E-state index is 6.25. The molecule has 0 aliphatic heterocycles. The number of hydrogen-bond donors (Lipinski definition) is 0. The van der Waals surface area contributed by atoms with Crippen LogP contribution in [-0.4, -0.2) is 32.1 Å². The number of aryl methyl sites for hydroxylation is 2. The van der Waals surface area contributed by atoms with Gasteiger partial charge in [0.15, 0.2) is 0 Å². The Bertz CT molecular complexity index is 820. The Morgan fingerprint density at radius 2 is 1.57 bits per heavy atom. The van der Waals surface area contributed by atoms with Crippen molar-refractivity contribution in [3.63, 3.8) is 0 Å². The molecule has 2 unspecified atom stereocenters. The van der Waals surface area contributed by atoms with Crippen molar-refractivity contribution in [2.45, 2.75) is 53.2 Å². The van der Waals surface area contributed by atoms with E-state index in [4.69, 9.17) is 19.0 Å². The second-order valence-corrected chi connectivity index (χ2v) is 7.34. The summed E-state index contributed by atoms with van der Waals surface area (Å²) in [6.45, 7) is 10.8. The molecule has 0 N–H and O–H groups in total. The van der Waals surface area contributed by atoms with E-state index >= 15 is 0 Å². The average molecular weight is 412 g/mol. The van der Waals surface area contributed by atoms with Crippen LogP contribution in [0.25, 0.3) is 0 Å². The van der Waals surface area contributed by atoms with Crippen molar-refractivity contribution >= 4 is 6.21 Å². The third-order valence-corrected chi connectivity index (χ3v) is 4.52. The molecule has 2 atom stereocenters. The van der Waals surface area contributed by atoms with Gasteiger partial charge < -0.3 is 19.0 Å². The molecular formula is C25H33NO4. The van der Waals surface area contributed by atoms with Gasteiger partial charge in [-0.15, -0.1) is 0 Å². The molecule has 0 spiro atoms. The number of rotatable bonds is 11. The van der Waals surface area contributed by atoms with E-state index in [0.717, 1.165) is 40.4 Å². The minimum absolute atomic E-state index is 0.0142. The summed E-state index contributed by atoms with van der Waals surface area (Å²) in [5.41, 5.74) is 3.09. The molecule has 0 radical (unpaired) electrons. The van der Waals surface area contributed by atoms with Gasteiger partial charge in [-0.05, 0) is 87.7 Å². The Morgan fingerprint density at radius 3 is 2.17 bits per heavy atom. The predicted octanol–water partition coefficient (Wildman–Crippen LogP) is 5.86. The van der Waals surface area contributed by atoms with Crippen LogP contribution in [0.3, 0.4) is 0 Å². The van der Waals surface area contributed by atoms with Crippen LogP contribution < -0.4 is 14.2 Å². The topological polar surface area (TPSA) is 49.3 Å². The zero-order chi connectivity index (χ0) is 21.9. The first kappa shape index (κ1) is 23.3. The molecule has 30 heavy (non-hydrogen) atoms. The molecule has 0 aliphatic carbocycles. The van der Waals surface area contributed by atoms with E-state index in [-0.39, 0.29) is 12.2 Å². The lowest BCUT2D eigenvalue weighted by atomic mass is 10.1. The quantitative estimate of drug-likeness (QED) is 0.264. The maximum atomic E-state index is 6.25. The molecule has 162 valence electrons. The van der Waals surface area contributed by atoms with Gasteiger partial charge in [-0.3, -0.25) is 0 Å². The van der Waals surface area contributed by atoms with Gasteiger partial charge in [-0.25, -0.2) is 0 Å². The van der Waals surface area contributed by atoms with Crippen molar-refractivity contribution in [3.05, 3.63) is 65.2 Å². The van der Waals surface area contributed by atoms with E-state index in [0.29, 0.717) is 6.61 Å². The van der Waals surface area contributed by atoms with Crippen LogP contribution >= 0.6 is 0 Å². The molecule has 0 saturated heterocycles. The number of nitrogens with zero attached hydrogens (tertiary/aromatic N) is 1. The number of ether oxygens (including phenoxy) is 3. The van der Waals surface area contributed by atoms with Crippen LogP contribution in [0.5, 0.6) is 17.2 Å². The standard InChI is InChI=1S/C25H33NO4/c1-7-8-13-28-24-14-18(2)25(19(3)15-24)30-21(5)16-20(4)29-23-11-9-22(10-12-23)17-26-27-6/h7-12,14-15,17,20-21H,13,16H2,1-6H3/b8-7+,26-17?. The Morgan fingerprint density at radius 1 is 0.933 bits per heavy atom. The number of allylic oxidation sites excluding steroid dienone is 1. The molecule has 0 amide bonds. The Hall–Kier alpha value is -2.95. The fraction of sp³-hybridized carbons (Fsp3) is 0.400. The van der Waals surface area contributed by atoms with E-state index < -0.39 is 0 Å². The van der Waals surface area contributed by atoms with Crippen LogP contribution in [0.15, 0.2) is 53.7 Å². The third kappa shape index (κ3) is 7.47. The van der Waals surface area contributed by atoms with E-state index in [9.17, 15) is 0 Å². The lowest BCUT2D eigenvalue weighted by Gasteiger charge is -2.22. The molecule has 0 bridgehead atoms. The van der Waals surface area contributed by atoms with E-state index in [1.807, 2.05) is 69.3 Å². The van der Waals surface area contributed by atoms with Crippen molar-refractivity contribution in [2.75, 3.05) is 13.7 Å². The third-order valence-electron chi connectivity index (χ3n) is 4.52. The number of hydrogen-bond acceptors (Lipinski definition) is 5. The summed E-state index contributed by atoms with van der Waals surface area (Å²) in [7, 11) is 1.52. The minimum Gasteiger partial charge on any atom is -0.491 e. The van der Waals surface area contributed by atoms with Crippen LogP contribution in [0.4, 0.5) is 0 Å². The van der Waals surface area contributed by atoms with Crippen molar-refractivity contribution in [1.29, 1.82) is 0 Å². The Kier molecular flexibility index (Phi) is 9.26. The molecule has 2 aromatic carbocycles. The average Bonchev–Trinajstić information content (AvgIpc) is 2.70. The summed E-state index contributed by atoms with van der Waals surface area (Å²) in [6, 6.07) is 11.8. The van der Waals surface area contributed by atoms with Gasteiger partial charge in [-0.1, -0.05) is 17.3 Å². The van der Waals surface area contributed by atoms with Gasteiger partial charge in [0.25, 0.3) is 0 Å². The molecule has 0 aliphatic rings. The first-order valence-electron chi connectivity index (χ1n) is 10.3. The van der Waals surface area contributed by atoms with Gasteiger partial charge in [0.05, 0.1) is 18.4 Å². The summed E-state index contributed by atoms with van der Waals surface area (Å²) in [4.78, 5) is 4.69. The Labute approximate surface area is 180 Å². The second kappa shape index (κ2) is 11.9. The second-order valence-electron chi connectivity index (χ2n) is 7.34. The molecular weight excluding hydrogens is 378 g/mol. The number of benzene rings is 2. The summed E-state index contributed by atoms with van der Waals surface area (Å²) in [6.07, 6.45) is 6.42. The highest BCUT2D eigenvalue weighted by molar-refractivity contribution is 5.79. The molecule has 0 saturated carbocycles. The van der Waals surface area contributed by atoms with E-state index in [2.05, 4.69) is 19.0 Å². The normalized spacial score (nSPS) is 13.4. The molecule has 2 rings (SSSR count). The van der Waals surface area contributed by atoms with Crippen molar-refractivity contribution in [2.24, 2.45) is 5.16 Å². The summed E-state index contributed by atoms with van der Waals surface area (Å²) < 4.78 is 18.0.